The number of carbonyl (C=O) groups is 4. The first kappa shape index (κ1) is 28.4. The molecule has 0 aliphatic carbocycles. The van der Waals surface area contributed by atoms with Gasteiger partial charge in [0, 0.05) is 30.3 Å². The minimum atomic E-state index is -1.21. The number of aliphatic carboxylic acids is 1. The molecular formula is C27H24Cl2N4O5S. The summed E-state index contributed by atoms with van der Waals surface area (Å²) >= 11 is 13.6. The highest BCUT2D eigenvalue weighted by atomic mass is 35.5. The number of thioether (sulfide) groups is 1. The molecular weight excluding hydrogens is 563 g/mol. The number of carboxylic acids is 1. The van der Waals surface area contributed by atoms with Crippen LogP contribution < -0.4 is 10.6 Å². The van der Waals surface area contributed by atoms with Crippen LogP contribution in [0.15, 0.2) is 67.0 Å². The molecule has 0 spiro atoms. The Morgan fingerprint density at radius 3 is 2.38 bits per heavy atom. The molecule has 3 aromatic rings. The number of aromatic nitrogens is 1. The van der Waals surface area contributed by atoms with Crippen molar-refractivity contribution in [3.8, 4) is 0 Å². The van der Waals surface area contributed by atoms with E-state index >= 15 is 0 Å². The minimum absolute atomic E-state index is 0.00906. The number of anilines is 1. The zero-order chi connectivity index (χ0) is 27.9. The van der Waals surface area contributed by atoms with Crippen molar-refractivity contribution in [2.45, 2.75) is 24.9 Å². The number of carboxylic acid groups (broad SMARTS) is 1. The maximum Gasteiger partial charge on any atom is 0.326 e. The summed E-state index contributed by atoms with van der Waals surface area (Å²) in [6.45, 7) is 0. The van der Waals surface area contributed by atoms with Gasteiger partial charge < -0.3 is 20.6 Å². The number of amides is 3. The number of nitrogens with zero attached hydrogens (tertiary/aromatic N) is 2. The minimum Gasteiger partial charge on any atom is -0.480 e. The number of pyridine rings is 1. The molecule has 0 bridgehead atoms. The van der Waals surface area contributed by atoms with Crippen LogP contribution in [0, 0.1) is 0 Å². The molecule has 1 fully saturated rings. The number of nitrogens with one attached hydrogen (secondary N) is 2. The van der Waals surface area contributed by atoms with Crippen molar-refractivity contribution in [2.75, 3.05) is 16.9 Å². The third-order valence-corrected chi connectivity index (χ3v) is 7.68. The van der Waals surface area contributed by atoms with E-state index in [-0.39, 0.29) is 34.4 Å². The van der Waals surface area contributed by atoms with Gasteiger partial charge in [0.15, 0.2) is 0 Å². The molecule has 4 rings (SSSR count). The molecule has 0 radical (unpaired) electrons. The molecule has 0 saturated carbocycles. The van der Waals surface area contributed by atoms with Crippen LogP contribution in [0.2, 0.25) is 10.0 Å². The molecule has 2 unspecified atom stereocenters. The summed E-state index contributed by atoms with van der Waals surface area (Å²) in [5.74, 6) is -1.70. The zero-order valence-electron chi connectivity index (χ0n) is 20.5. The molecule has 3 N–H and O–H groups in total. The van der Waals surface area contributed by atoms with Crippen LogP contribution in [0.1, 0.15) is 21.5 Å². The maximum atomic E-state index is 13.0. The summed E-state index contributed by atoms with van der Waals surface area (Å²) in [7, 11) is 0. The third kappa shape index (κ3) is 7.29. The molecule has 1 aliphatic rings. The lowest BCUT2D eigenvalue weighted by Crippen LogP contribution is -2.52. The molecule has 1 aromatic heterocycles. The van der Waals surface area contributed by atoms with Crippen molar-refractivity contribution in [1.29, 1.82) is 0 Å². The molecule has 3 amide bonds. The van der Waals surface area contributed by atoms with E-state index in [9.17, 15) is 24.3 Å². The first-order valence-electron chi connectivity index (χ1n) is 11.9. The fraction of sp³-hybridized carbons (Fsp3) is 0.222. The fourth-order valence-electron chi connectivity index (χ4n) is 4.02. The normalized spacial score (nSPS) is 15.4. The first-order chi connectivity index (χ1) is 18.7. The van der Waals surface area contributed by atoms with Gasteiger partial charge in [-0.2, -0.15) is 0 Å². The molecule has 12 heteroatoms. The maximum absolute atomic E-state index is 13.0. The van der Waals surface area contributed by atoms with Crippen molar-refractivity contribution >= 4 is 64.3 Å². The SMILES string of the molecule is O=C(Nc1ccc(CC(NC(=O)C2CSCN2C(=O)Cc2cccnc2)C(=O)O)cc1)c1c(Cl)cccc1Cl. The Hall–Kier alpha value is -3.60. The van der Waals surface area contributed by atoms with Crippen molar-refractivity contribution in [1.82, 2.24) is 15.2 Å². The Bertz CT molecular complexity index is 1350. The second kappa shape index (κ2) is 13.0. The average Bonchev–Trinajstić information content (AvgIpc) is 3.40. The fourth-order valence-corrected chi connectivity index (χ4v) is 5.77. The lowest BCUT2D eigenvalue weighted by atomic mass is 10.0. The Labute approximate surface area is 238 Å². The largest absolute Gasteiger partial charge is 0.480 e. The Balaban J connectivity index is 1.37. The summed E-state index contributed by atoms with van der Waals surface area (Å²) in [4.78, 5) is 55.9. The lowest BCUT2D eigenvalue weighted by Gasteiger charge is -2.25. The van der Waals surface area contributed by atoms with Gasteiger partial charge in [-0.25, -0.2) is 4.79 Å². The second-order valence-corrected chi connectivity index (χ2v) is 10.6. The highest BCUT2D eigenvalue weighted by molar-refractivity contribution is 7.99. The highest BCUT2D eigenvalue weighted by Crippen LogP contribution is 2.26. The molecule has 9 nitrogen and oxygen atoms in total. The van der Waals surface area contributed by atoms with Gasteiger partial charge in [0.2, 0.25) is 11.8 Å². The third-order valence-electron chi connectivity index (χ3n) is 6.04. The average molecular weight is 587 g/mol. The topological polar surface area (TPSA) is 129 Å². The van der Waals surface area contributed by atoms with E-state index < -0.39 is 29.9 Å². The Morgan fingerprint density at radius 2 is 1.74 bits per heavy atom. The van der Waals surface area contributed by atoms with Crippen LogP contribution in [-0.4, -0.2) is 62.4 Å². The van der Waals surface area contributed by atoms with Gasteiger partial charge in [-0.3, -0.25) is 19.4 Å². The summed E-state index contributed by atoms with van der Waals surface area (Å²) < 4.78 is 0. The highest BCUT2D eigenvalue weighted by Gasteiger charge is 2.36. The van der Waals surface area contributed by atoms with Crippen LogP contribution >= 0.6 is 35.0 Å². The smallest absolute Gasteiger partial charge is 0.326 e. The van der Waals surface area contributed by atoms with E-state index in [2.05, 4.69) is 15.6 Å². The van der Waals surface area contributed by atoms with Gasteiger partial charge in [0.1, 0.15) is 12.1 Å². The van der Waals surface area contributed by atoms with E-state index in [0.717, 1.165) is 5.56 Å². The van der Waals surface area contributed by atoms with E-state index in [1.54, 1.807) is 67.0 Å². The Kier molecular flexibility index (Phi) is 9.45. The summed E-state index contributed by atoms with van der Waals surface area (Å²) in [6.07, 6.45) is 3.32. The summed E-state index contributed by atoms with van der Waals surface area (Å²) in [5.41, 5.74) is 1.97. The number of rotatable bonds is 9. The van der Waals surface area contributed by atoms with Crippen LogP contribution in [0.3, 0.4) is 0 Å². The summed E-state index contributed by atoms with van der Waals surface area (Å²) in [6, 6.07) is 12.8. The van der Waals surface area contributed by atoms with E-state index in [0.29, 0.717) is 22.9 Å². The van der Waals surface area contributed by atoms with Gasteiger partial charge in [-0.15, -0.1) is 11.8 Å². The number of halogens is 2. The number of hydrogen-bond donors (Lipinski definition) is 3. The van der Waals surface area contributed by atoms with E-state index in [4.69, 9.17) is 23.2 Å². The lowest BCUT2D eigenvalue weighted by molar-refractivity contribution is -0.143. The molecule has 2 heterocycles. The second-order valence-electron chi connectivity index (χ2n) is 8.77. The van der Waals surface area contributed by atoms with Crippen LogP contribution in [0.25, 0.3) is 0 Å². The molecule has 1 saturated heterocycles. The van der Waals surface area contributed by atoms with Crippen molar-refractivity contribution in [2.24, 2.45) is 0 Å². The molecule has 202 valence electrons. The van der Waals surface area contributed by atoms with E-state index in [1.807, 2.05) is 0 Å². The van der Waals surface area contributed by atoms with Gasteiger partial charge in [-0.05, 0) is 41.5 Å². The number of benzene rings is 2. The van der Waals surface area contributed by atoms with Crippen molar-refractivity contribution in [3.63, 3.8) is 0 Å². The zero-order valence-corrected chi connectivity index (χ0v) is 22.8. The molecule has 2 aromatic carbocycles. The predicted octanol–water partition coefficient (Wildman–Crippen LogP) is 3.90. The van der Waals surface area contributed by atoms with E-state index in [1.165, 1.54) is 16.7 Å². The first-order valence-corrected chi connectivity index (χ1v) is 13.8. The number of carbonyl (C=O) groups excluding carboxylic acids is 3. The van der Waals surface area contributed by atoms with Gasteiger partial charge in [0.25, 0.3) is 5.91 Å². The Morgan fingerprint density at radius 1 is 1.03 bits per heavy atom. The van der Waals surface area contributed by atoms with Gasteiger partial charge in [0.05, 0.1) is 27.9 Å². The molecule has 2 atom stereocenters. The predicted molar refractivity (Wildman–Crippen MR) is 150 cm³/mol. The molecule has 39 heavy (non-hydrogen) atoms. The standard InChI is InChI=1S/C27H24Cl2N4O5S/c28-19-4-1-5-20(29)24(19)26(36)31-18-8-6-16(7-9-18)11-21(27(37)38)32-25(35)22-14-39-15-33(22)23(34)12-17-3-2-10-30-13-17/h1-10,13,21-22H,11-12,14-15H2,(H,31,36)(H,32,35)(H,37,38). The monoisotopic (exact) mass is 586 g/mol. The van der Waals surface area contributed by atoms with Crippen molar-refractivity contribution < 1.29 is 24.3 Å². The van der Waals surface area contributed by atoms with Crippen LogP contribution in [0.5, 0.6) is 0 Å². The summed E-state index contributed by atoms with van der Waals surface area (Å²) in [5, 5.41) is 15.5. The number of hydrogen-bond acceptors (Lipinski definition) is 6. The van der Waals surface area contributed by atoms with Crippen molar-refractivity contribution in [3.05, 3.63) is 93.7 Å². The molecule has 1 aliphatic heterocycles. The van der Waals surface area contributed by atoms with Crippen LogP contribution in [-0.2, 0) is 27.2 Å². The van der Waals surface area contributed by atoms with Crippen LogP contribution in [0.4, 0.5) is 5.69 Å². The van der Waals surface area contributed by atoms with Gasteiger partial charge in [-0.1, -0.05) is 47.5 Å². The van der Waals surface area contributed by atoms with Gasteiger partial charge >= 0.3 is 5.97 Å². The quantitative estimate of drug-likeness (QED) is 0.347.